The number of hydrogen-bond acceptors (Lipinski definition) is 5. The van der Waals surface area contributed by atoms with E-state index in [1.54, 1.807) is 29.2 Å². The third-order valence-corrected chi connectivity index (χ3v) is 6.17. The fourth-order valence-electron chi connectivity index (χ4n) is 3.37. The number of carbonyl (C=O) groups is 1. The number of sulfonamides is 1. The Morgan fingerprint density at radius 1 is 1.11 bits per heavy atom. The molecule has 0 atom stereocenters. The summed E-state index contributed by atoms with van der Waals surface area (Å²) in [7, 11) is -3.82. The standard InChI is InChI=1S/C19H19N3O5S/c1-2-21-16-10-5-13(12-17(16)27-19(21)24)20-28(25,26)15-8-6-14(7-9-15)22-11-3-4-18(22)23/h5-10,12,20H,2-4,11H2,1H3. The van der Waals surface area contributed by atoms with E-state index in [9.17, 15) is 18.0 Å². The van der Waals surface area contributed by atoms with Gasteiger partial charge in [-0.05, 0) is 49.7 Å². The highest BCUT2D eigenvalue weighted by Gasteiger charge is 2.22. The molecule has 3 aromatic rings. The summed E-state index contributed by atoms with van der Waals surface area (Å²) in [6.45, 7) is 2.93. The van der Waals surface area contributed by atoms with Crippen molar-refractivity contribution in [3.63, 3.8) is 0 Å². The van der Waals surface area contributed by atoms with Gasteiger partial charge < -0.3 is 9.32 Å². The zero-order valence-electron chi connectivity index (χ0n) is 15.2. The molecule has 146 valence electrons. The summed E-state index contributed by atoms with van der Waals surface area (Å²) in [5.41, 5.74) is 1.90. The average Bonchev–Trinajstić information content (AvgIpc) is 3.23. The molecule has 1 fully saturated rings. The lowest BCUT2D eigenvalue weighted by atomic mass is 10.3. The van der Waals surface area contributed by atoms with E-state index in [1.807, 2.05) is 6.92 Å². The van der Waals surface area contributed by atoms with Crippen LogP contribution >= 0.6 is 0 Å². The Bertz CT molecular complexity index is 1210. The zero-order valence-corrected chi connectivity index (χ0v) is 16.0. The van der Waals surface area contributed by atoms with Gasteiger partial charge in [-0.1, -0.05) is 0 Å². The second-order valence-electron chi connectivity index (χ2n) is 6.54. The monoisotopic (exact) mass is 401 g/mol. The minimum Gasteiger partial charge on any atom is -0.408 e. The van der Waals surface area contributed by atoms with Crippen molar-refractivity contribution in [2.45, 2.75) is 31.2 Å². The average molecular weight is 401 g/mol. The lowest BCUT2D eigenvalue weighted by molar-refractivity contribution is -0.117. The number of aryl methyl sites for hydroxylation is 1. The van der Waals surface area contributed by atoms with Gasteiger partial charge in [-0.25, -0.2) is 13.2 Å². The molecule has 0 aliphatic carbocycles. The van der Waals surface area contributed by atoms with Gasteiger partial charge in [0.15, 0.2) is 5.58 Å². The lowest BCUT2D eigenvalue weighted by Gasteiger charge is -2.16. The Labute approximate surface area is 161 Å². The Morgan fingerprint density at radius 3 is 2.50 bits per heavy atom. The zero-order chi connectivity index (χ0) is 19.9. The molecule has 8 nitrogen and oxygen atoms in total. The van der Waals surface area contributed by atoms with Crippen LogP contribution in [-0.2, 0) is 21.4 Å². The first kappa shape index (κ1) is 18.3. The van der Waals surface area contributed by atoms with Crippen LogP contribution in [0.5, 0.6) is 0 Å². The number of anilines is 2. The van der Waals surface area contributed by atoms with Crippen molar-refractivity contribution < 1.29 is 17.6 Å². The predicted molar refractivity (Wildman–Crippen MR) is 105 cm³/mol. The maximum Gasteiger partial charge on any atom is 0.419 e. The first-order valence-corrected chi connectivity index (χ1v) is 10.4. The Balaban J connectivity index is 1.59. The molecule has 0 saturated carbocycles. The number of aromatic nitrogens is 1. The lowest BCUT2D eigenvalue weighted by Crippen LogP contribution is -2.23. The second kappa shape index (κ2) is 6.83. The maximum absolute atomic E-state index is 12.7. The summed E-state index contributed by atoms with van der Waals surface area (Å²) >= 11 is 0. The number of amides is 1. The molecular weight excluding hydrogens is 382 g/mol. The smallest absolute Gasteiger partial charge is 0.408 e. The van der Waals surface area contributed by atoms with Gasteiger partial charge >= 0.3 is 5.76 Å². The first-order chi connectivity index (χ1) is 13.4. The van der Waals surface area contributed by atoms with Crippen molar-refractivity contribution in [2.24, 2.45) is 0 Å². The van der Waals surface area contributed by atoms with Crippen LogP contribution in [0.25, 0.3) is 11.1 Å². The molecule has 1 amide bonds. The van der Waals surface area contributed by atoms with Crippen LogP contribution in [0, 0.1) is 0 Å². The number of rotatable bonds is 5. The molecule has 1 N–H and O–H groups in total. The van der Waals surface area contributed by atoms with Crippen LogP contribution < -0.4 is 15.4 Å². The van der Waals surface area contributed by atoms with Crippen molar-refractivity contribution >= 4 is 38.4 Å². The van der Waals surface area contributed by atoms with Crippen LogP contribution in [0.4, 0.5) is 11.4 Å². The Hall–Kier alpha value is -3.07. The highest BCUT2D eigenvalue weighted by Crippen LogP contribution is 2.25. The molecule has 1 saturated heterocycles. The summed E-state index contributed by atoms with van der Waals surface area (Å²) in [4.78, 5) is 25.3. The van der Waals surface area contributed by atoms with Crippen LogP contribution in [0.1, 0.15) is 19.8 Å². The van der Waals surface area contributed by atoms with Gasteiger partial charge in [-0.3, -0.25) is 14.1 Å². The SMILES string of the molecule is CCn1c(=O)oc2cc(NS(=O)(=O)c3ccc(N4CCCC4=O)cc3)ccc21. The molecule has 0 unspecified atom stereocenters. The summed E-state index contributed by atoms with van der Waals surface area (Å²) in [6.07, 6.45) is 1.32. The van der Waals surface area contributed by atoms with E-state index in [1.165, 1.54) is 22.8 Å². The predicted octanol–water partition coefficient (Wildman–Crippen LogP) is 2.54. The Kier molecular flexibility index (Phi) is 4.46. The summed E-state index contributed by atoms with van der Waals surface area (Å²) in [6, 6.07) is 10.9. The van der Waals surface area contributed by atoms with E-state index in [4.69, 9.17) is 4.42 Å². The molecule has 1 aliphatic rings. The summed E-state index contributed by atoms with van der Waals surface area (Å²) in [5.74, 6) is -0.438. The van der Waals surface area contributed by atoms with E-state index in [2.05, 4.69) is 4.72 Å². The van der Waals surface area contributed by atoms with Crippen molar-refractivity contribution in [1.82, 2.24) is 4.57 Å². The van der Waals surface area contributed by atoms with Crippen molar-refractivity contribution in [1.29, 1.82) is 0 Å². The number of fused-ring (bicyclic) bond motifs is 1. The summed E-state index contributed by atoms with van der Waals surface area (Å²) in [5, 5.41) is 0. The van der Waals surface area contributed by atoms with Gasteiger partial charge in [0.1, 0.15) is 0 Å². The van der Waals surface area contributed by atoms with E-state index in [-0.39, 0.29) is 10.8 Å². The third-order valence-electron chi connectivity index (χ3n) is 4.77. The fourth-order valence-corrected chi connectivity index (χ4v) is 4.42. The van der Waals surface area contributed by atoms with Crippen molar-refractivity contribution in [2.75, 3.05) is 16.2 Å². The van der Waals surface area contributed by atoms with Gasteiger partial charge in [0.05, 0.1) is 16.1 Å². The van der Waals surface area contributed by atoms with Crippen molar-refractivity contribution in [3.05, 3.63) is 53.0 Å². The normalized spacial score (nSPS) is 14.8. The number of nitrogens with one attached hydrogen (secondary N) is 1. The molecule has 0 bridgehead atoms. The van der Waals surface area contributed by atoms with Crippen LogP contribution in [0.2, 0.25) is 0 Å². The van der Waals surface area contributed by atoms with Gasteiger partial charge in [0.25, 0.3) is 10.0 Å². The van der Waals surface area contributed by atoms with Gasteiger partial charge in [0.2, 0.25) is 5.91 Å². The van der Waals surface area contributed by atoms with E-state index in [0.717, 1.165) is 6.42 Å². The van der Waals surface area contributed by atoms with E-state index < -0.39 is 15.8 Å². The van der Waals surface area contributed by atoms with Gasteiger partial charge in [-0.15, -0.1) is 0 Å². The molecule has 1 aromatic heterocycles. The number of nitrogens with zero attached hydrogens (tertiary/aromatic N) is 2. The van der Waals surface area contributed by atoms with Crippen LogP contribution in [-0.4, -0.2) is 25.4 Å². The molecule has 2 aromatic carbocycles. The highest BCUT2D eigenvalue weighted by atomic mass is 32.2. The van der Waals surface area contributed by atoms with Gasteiger partial charge in [0, 0.05) is 31.3 Å². The molecule has 0 radical (unpaired) electrons. The Morgan fingerprint density at radius 2 is 1.86 bits per heavy atom. The second-order valence-corrected chi connectivity index (χ2v) is 8.23. The largest absolute Gasteiger partial charge is 0.419 e. The van der Waals surface area contributed by atoms with E-state index in [0.29, 0.717) is 42.0 Å². The fraction of sp³-hybridized carbons (Fsp3) is 0.263. The molecule has 9 heteroatoms. The van der Waals surface area contributed by atoms with E-state index >= 15 is 0 Å². The maximum atomic E-state index is 12.7. The number of carbonyl (C=O) groups excluding carboxylic acids is 1. The highest BCUT2D eigenvalue weighted by molar-refractivity contribution is 7.92. The van der Waals surface area contributed by atoms with Crippen LogP contribution in [0.3, 0.4) is 0 Å². The number of hydrogen-bond donors (Lipinski definition) is 1. The number of oxazole rings is 1. The molecule has 2 heterocycles. The summed E-state index contributed by atoms with van der Waals surface area (Å²) < 4.78 is 34.5. The molecule has 28 heavy (non-hydrogen) atoms. The minimum atomic E-state index is -3.82. The van der Waals surface area contributed by atoms with Crippen molar-refractivity contribution in [3.8, 4) is 0 Å². The molecular formula is C19H19N3O5S. The topological polar surface area (TPSA) is 102 Å². The molecule has 4 rings (SSSR count). The first-order valence-electron chi connectivity index (χ1n) is 8.96. The molecule has 0 spiro atoms. The number of benzene rings is 2. The van der Waals surface area contributed by atoms with Gasteiger partial charge in [-0.2, -0.15) is 0 Å². The molecule has 1 aliphatic heterocycles. The quantitative estimate of drug-likeness (QED) is 0.708. The van der Waals surface area contributed by atoms with Crippen LogP contribution in [0.15, 0.2) is 56.6 Å². The minimum absolute atomic E-state index is 0.0440. The third kappa shape index (κ3) is 3.18.